The molecule has 0 saturated carbocycles. The second-order valence-electron chi connectivity index (χ2n) is 9.30. The Balaban J connectivity index is 1.45. The van der Waals surface area contributed by atoms with Crippen LogP contribution in [0.4, 0.5) is 4.39 Å². The van der Waals surface area contributed by atoms with Crippen molar-refractivity contribution in [2.75, 3.05) is 13.1 Å². The van der Waals surface area contributed by atoms with Gasteiger partial charge in [0.1, 0.15) is 11.6 Å². The molecule has 7 nitrogen and oxygen atoms in total. The minimum atomic E-state index is -0.495. The summed E-state index contributed by atoms with van der Waals surface area (Å²) in [5.41, 5.74) is 3.27. The Morgan fingerprint density at radius 3 is 2.69 bits per heavy atom. The van der Waals surface area contributed by atoms with Gasteiger partial charge in [-0.1, -0.05) is 25.1 Å². The first-order chi connectivity index (χ1) is 16.8. The summed E-state index contributed by atoms with van der Waals surface area (Å²) in [6.07, 6.45) is 3.63. The average Bonchev–Trinajstić information content (AvgIpc) is 3.42. The number of nitrogens with zero attached hydrogens (tertiary/aromatic N) is 5. The van der Waals surface area contributed by atoms with Gasteiger partial charge in [0.2, 0.25) is 5.91 Å². The summed E-state index contributed by atoms with van der Waals surface area (Å²) in [5, 5.41) is 5.42. The van der Waals surface area contributed by atoms with E-state index in [1.54, 1.807) is 13.1 Å². The largest absolute Gasteiger partial charge is 0.350 e. The number of carbonyl (C=O) groups is 1. The summed E-state index contributed by atoms with van der Waals surface area (Å²) in [5.74, 6) is 0.323. The van der Waals surface area contributed by atoms with E-state index in [-0.39, 0.29) is 17.5 Å². The van der Waals surface area contributed by atoms with Gasteiger partial charge in [-0.05, 0) is 60.2 Å². The fourth-order valence-electron chi connectivity index (χ4n) is 4.88. The maximum absolute atomic E-state index is 15.4. The number of aromatic nitrogens is 4. The lowest BCUT2D eigenvalue weighted by Crippen LogP contribution is -2.28. The summed E-state index contributed by atoms with van der Waals surface area (Å²) >= 11 is 0. The Morgan fingerprint density at radius 2 is 1.91 bits per heavy atom. The number of fused-ring (bicyclic) bond motifs is 1. The summed E-state index contributed by atoms with van der Waals surface area (Å²) in [6.45, 7) is 5.19. The topological polar surface area (TPSA) is 73.0 Å². The zero-order chi connectivity index (χ0) is 24.7. The van der Waals surface area contributed by atoms with Gasteiger partial charge < -0.3 is 4.90 Å². The van der Waals surface area contributed by atoms with E-state index in [1.165, 1.54) is 15.3 Å². The number of benzene rings is 2. The van der Waals surface area contributed by atoms with E-state index in [4.69, 9.17) is 0 Å². The minimum absolute atomic E-state index is 0.131. The zero-order valence-corrected chi connectivity index (χ0v) is 20.2. The van der Waals surface area contributed by atoms with Gasteiger partial charge >= 0.3 is 5.69 Å². The molecule has 1 saturated heterocycles. The van der Waals surface area contributed by atoms with Crippen molar-refractivity contribution in [3.63, 3.8) is 0 Å². The van der Waals surface area contributed by atoms with Crippen LogP contribution in [0.25, 0.3) is 27.7 Å². The monoisotopic (exact) mass is 473 g/mol. The van der Waals surface area contributed by atoms with Crippen LogP contribution in [-0.4, -0.2) is 43.2 Å². The van der Waals surface area contributed by atoms with Crippen molar-refractivity contribution in [3.8, 4) is 16.8 Å². The van der Waals surface area contributed by atoms with E-state index in [0.717, 1.165) is 28.5 Å². The van der Waals surface area contributed by atoms with E-state index in [2.05, 4.69) is 16.1 Å². The molecule has 4 aromatic rings. The Bertz CT molecular complexity index is 1490. The Kier molecular flexibility index (Phi) is 5.96. The van der Waals surface area contributed by atoms with Crippen molar-refractivity contribution in [1.82, 2.24) is 24.2 Å². The lowest BCUT2D eigenvalue weighted by molar-refractivity contribution is -0.129. The Morgan fingerprint density at radius 1 is 1.14 bits per heavy atom. The summed E-state index contributed by atoms with van der Waals surface area (Å²) < 4.78 is 18.0. The van der Waals surface area contributed by atoms with E-state index in [1.807, 2.05) is 49.2 Å². The average molecular weight is 474 g/mol. The van der Waals surface area contributed by atoms with Crippen molar-refractivity contribution in [1.29, 1.82) is 0 Å². The molecule has 0 radical (unpaired) electrons. The lowest BCUT2D eigenvalue weighted by atomic mass is 10.0. The fraction of sp³-hybridized carbons (Fsp3) is 0.333. The van der Waals surface area contributed by atoms with Crippen molar-refractivity contribution in [3.05, 3.63) is 76.4 Å². The minimum Gasteiger partial charge on any atom is -0.342 e. The Labute approximate surface area is 202 Å². The van der Waals surface area contributed by atoms with Gasteiger partial charge in [-0.3, -0.25) is 9.78 Å². The quantitative estimate of drug-likeness (QED) is 0.439. The molecule has 1 amide bonds. The van der Waals surface area contributed by atoms with Gasteiger partial charge in [0.25, 0.3) is 0 Å². The summed E-state index contributed by atoms with van der Waals surface area (Å²) in [4.78, 5) is 31.3. The standard InChI is InChI=1S/C27H28FN5O2/c1-4-26(34)32-10-9-18(16-32)12-25-30-31(3)27(35)33(25)24-8-7-19(13-22(24)28)20-5-6-21-11-17(2)15-29-23(21)14-20/h5-8,11,13-15,18H,4,9-10,12,16H2,1-3H3/t18-/m0/s1. The predicted octanol–water partition coefficient (Wildman–Crippen LogP) is 4.03. The van der Waals surface area contributed by atoms with Crippen LogP contribution in [0.5, 0.6) is 0 Å². The number of rotatable bonds is 5. The van der Waals surface area contributed by atoms with Crippen molar-refractivity contribution in [2.24, 2.45) is 13.0 Å². The SMILES string of the molecule is CCC(=O)N1CC[C@@H](Cc2nn(C)c(=O)n2-c2ccc(-c3ccc4cc(C)cnc4c3)cc2F)C1. The van der Waals surface area contributed by atoms with Crippen LogP contribution in [0.2, 0.25) is 0 Å². The number of halogens is 1. The highest BCUT2D eigenvalue weighted by molar-refractivity contribution is 5.84. The molecule has 0 unspecified atom stereocenters. The molecule has 180 valence electrons. The first-order valence-corrected chi connectivity index (χ1v) is 11.9. The highest BCUT2D eigenvalue weighted by atomic mass is 19.1. The molecule has 5 rings (SSSR count). The molecule has 1 fully saturated rings. The van der Waals surface area contributed by atoms with E-state index in [0.29, 0.717) is 37.3 Å². The number of carbonyl (C=O) groups excluding carboxylic acids is 1. The van der Waals surface area contributed by atoms with Gasteiger partial charge in [-0.25, -0.2) is 18.4 Å². The van der Waals surface area contributed by atoms with Crippen LogP contribution in [0, 0.1) is 18.7 Å². The summed E-state index contributed by atoms with van der Waals surface area (Å²) in [6, 6.07) is 12.8. The molecular weight excluding hydrogens is 445 g/mol. The fourth-order valence-corrected chi connectivity index (χ4v) is 4.88. The zero-order valence-electron chi connectivity index (χ0n) is 20.2. The van der Waals surface area contributed by atoms with Crippen LogP contribution in [-0.2, 0) is 18.3 Å². The third kappa shape index (κ3) is 4.36. The van der Waals surface area contributed by atoms with Crippen LogP contribution in [0.1, 0.15) is 31.2 Å². The van der Waals surface area contributed by atoms with E-state index in [9.17, 15) is 9.59 Å². The van der Waals surface area contributed by atoms with Gasteiger partial charge in [0.05, 0.1) is 11.2 Å². The number of hydrogen-bond donors (Lipinski definition) is 0. The Hall–Kier alpha value is -3.81. The smallest absolute Gasteiger partial charge is 0.342 e. The molecule has 8 heteroatoms. The normalized spacial score (nSPS) is 15.8. The van der Waals surface area contributed by atoms with Crippen LogP contribution < -0.4 is 5.69 Å². The molecule has 1 aliphatic rings. The van der Waals surface area contributed by atoms with Crippen molar-refractivity contribution >= 4 is 16.8 Å². The third-order valence-corrected chi connectivity index (χ3v) is 6.75. The predicted molar refractivity (Wildman–Crippen MR) is 133 cm³/mol. The number of aryl methyl sites for hydroxylation is 2. The molecule has 35 heavy (non-hydrogen) atoms. The first kappa shape index (κ1) is 23.0. The third-order valence-electron chi connectivity index (χ3n) is 6.75. The maximum atomic E-state index is 15.4. The highest BCUT2D eigenvalue weighted by Gasteiger charge is 2.28. The number of pyridine rings is 1. The van der Waals surface area contributed by atoms with Gasteiger partial charge in [0, 0.05) is 44.6 Å². The van der Waals surface area contributed by atoms with E-state index < -0.39 is 11.5 Å². The van der Waals surface area contributed by atoms with Gasteiger partial charge in [0.15, 0.2) is 0 Å². The highest BCUT2D eigenvalue weighted by Crippen LogP contribution is 2.28. The van der Waals surface area contributed by atoms with Crippen LogP contribution in [0.3, 0.4) is 0 Å². The first-order valence-electron chi connectivity index (χ1n) is 11.9. The second-order valence-corrected chi connectivity index (χ2v) is 9.30. The molecule has 0 bridgehead atoms. The molecule has 0 spiro atoms. The number of likely N-dealkylation sites (tertiary alicyclic amines) is 1. The summed E-state index contributed by atoms with van der Waals surface area (Å²) in [7, 11) is 1.57. The second kappa shape index (κ2) is 9.09. The van der Waals surface area contributed by atoms with Crippen molar-refractivity contribution in [2.45, 2.75) is 33.1 Å². The molecule has 0 N–H and O–H groups in total. The maximum Gasteiger partial charge on any atom is 0.350 e. The van der Waals surface area contributed by atoms with Crippen LogP contribution >= 0.6 is 0 Å². The van der Waals surface area contributed by atoms with Gasteiger partial charge in [-0.2, -0.15) is 5.10 Å². The molecule has 1 aliphatic heterocycles. The molecule has 3 heterocycles. The van der Waals surface area contributed by atoms with Crippen LogP contribution in [0.15, 0.2) is 53.5 Å². The number of amides is 1. The molecular formula is C27H28FN5O2. The van der Waals surface area contributed by atoms with Crippen molar-refractivity contribution < 1.29 is 9.18 Å². The molecule has 2 aromatic carbocycles. The number of hydrogen-bond acceptors (Lipinski definition) is 4. The van der Waals surface area contributed by atoms with E-state index >= 15 is 4.39 Å². The molecule has 2 aromatic heterocycles. The molecule has 1 atom stereocenters. The molecule has 0 aliphatic carbocycles. The van der Waals surface area contributed by atoms with Gasteiger partial charge in [-0.15, -0.1) is 0 Å². The lowest BCUT2D eigenvalue weighted by Gasteiger charge is -2.15.